The average molecular weight is 184 g/mol. The van der Waals surface area contributed by atoms with Crippen LogP contribution < -0.4 is 5.32 Å². The lowest BCUT2D eigenvalue weighted by molar-refractivity contribution is 0.716. The van der Waals surface area contributed by atoms with Crippen LogP contribution >= 0.6 is 11.6 Å². The van der Waals surface area contributed by atoms with Gasteiger partial charge in [0.25, 0.3) is 0 Å². The minimum absolute atomic E-state index is 0.226. The summed E-state index contributed by atoms with van der Waals surface area (Å²) >= 11 is 6.04. The molecule has 0 saturated heterocycles. The van der Waals surface area contributed by atoms with Crippen molar-refractivity contribution >= 4 is 11.6 Å². The zero-order valence-corrected chi connectivity index (χ0v) is 7.90. The van der Waals surface area contributed by atoms with Crippen LogP contribution in [0.2, 0.25) is 0 Å². The van der Waals surface area contributed by atoms with E-state index in [1.807, 2.05) is 0 Å². The molecular weight excluding hydrogens is 170 g/mol. The van der Waals surface area contributed by atoms with Crippen LogP contribution in [0.1, 0.15) is 25.7 Å². The summed E-state index contributed by atoms with van der Waals surface area (Å²) in [7, 11) is 0. The van der Waals surface area contributed by atoms with Crippen LogP contribution in [-0.4, -0.2) is 11.9 Å². The van der Waals surface area contributed by atoms with Gasteiger partial charge in [0.2, 0.25) is 0 Å². The predicted molar refractivity (Wildman–Crippen MR) is 52.3 cm³/mol. The standard InChI is InChI=1S/C10H14ClN/c11-9-4-5-10-8(7-9)3-1-2-6-12-10/h4-5,9,12H,1-3,6-7H2. The van der Waals surface area contributed by atoms with E-state index < -0.39 is 0 Å². The summed E-state index contributed by atoms with van der Waals surface area (Å²) in [6, 6.07) is 0. The Balaban J connectivity index is 2.16. The van der Waals surface area contributed by atoms with Crippen molar-refractivity contribution in [2.75, 3.05) is 6.54 Å². The van der Waals surface area contributed by atoms with Crippen molar-refractivity contribution in [1.82, 2.24) is 5.32 Å². The Kier molecular flexibility index (Phi) is 2.40. The van der Waals surface area contributed by atoms with E-state index in [0.717, 1.165) is 13.0 Å². The molecule has 1 nitrogen and oxygen atoms in total. The first kappa shape index (κ1) is 8.18. The van der Waals surface area contributed by atoms with Gasteiger partial charge in [-0.15, -0.1) is 11.6 Å². The fourth-order valence-corrected chi connectivity index (χ4v) is 2.10. The maximum Gasteiger partial charge on any atom is 0.0557 e. The van der Waals surface area contributed by atoms with Gasteiger partial charge in [0.05, 0.1) is 5.38 Å². The van der Waals surface area contributed by atoms with Crippen LogP contribution in [0, 0.1) is 0 Å². The molecule has 1 unspecified atom stereocenters. The number of nitrogens with one attached hydrogen (secondary N) is 1. The largest absolute Gasteiger partial charge is 0.385 e. The molecule has 1 heterocycles. The van der Waals surface area contributed by atoms with Crippen LogP contribution in [0.5, 0.6) is 0 Å². The zero-order valence-electron chi connectivity index (χ0n) is 7.15. The maximum absolute atomic E-state index is 6.04. The monoisotopic (exact) mass is 183 g/mol. The minimum Gasteiger partial charge on any atom is -0.385 e. The summed E-state index contributed by atoms with van der Waals surface area (Å²) in [5.74, 6) is 0. The van der Waals surface area contributed by atoms with Crippen molar-refractivity contribution in [3.63, 3.8) is 0 Å². The molecule has 0 bridgehead atoms. The Labute approximate surface area is 78.5 Å². The number of hydrogen-bond acceptors (Lipinski definition) is 1. The summed E-state index contributed by atoms with van der Waals surface area (Å²) in [4.78, 5) is 0. The molecule has 2 rings (SSSR count). The molecule has 1 atom stereocenters. The molecule has 0 aromatic rings. The number of alkyl halides is 1. The van der Waals surface area contributed by atoms with E-state index in [4.69, 9.17) is 11.6 Å². The Morgan fingerprint density at radius 3 is 3.25 bits per heavy atom. The number of allylic oxidation sites excluding steroid dienone is 3. The molecular formula is C10H14ClN. The molecule has 12 heavy (non-hydrogen) atoms. The van der Waals surface area contributed by atoms with E-state index in [0.29, 0.717) is 0 Å². The smallest absolute Gasteiger partial charge is 0.0557 e. The van der Waals surface area contributed by atoms with Crippen LogP contribution in [-0.2, 0) is 0 Å². The third kappa shape index (κ3) is 1.66. The number of halogens is 1. The zero-order chi connectivity index (χ0) is 8.39. The topological polar surface area (TPSA) is 12.0 Å². The van der Waals surface area contributed by atoms with Crippen molar-refractivity contribution in [2.45, 2.75) is 31.1 Å². The fraction of sp³-hybridized carbons (Fsp3) is 0.600. The van der Waals surface area contributed by atoms with Gasteiger partial charge >= 0.3 is 0 Å². The van der Waals surface area contributed by atoms with Crippen molar-refractivity contribution in [3.05, 3.63) is 23.4 Å². The van der Waals surface area contributed by atoms with Gasteiger partial charge in [-0.3, -0.25) is 0 Å². The lowest BCUT2D eigenvalue weighted by Crippen LogP contribution is -2.16. The minimum atomic E-state index is 0.226. The first-order chi connectivity index (χ1) is 5.86. The lowest BCUT2D eigenvalue weighted by atomic mass is 9.98. The van der Waals surface area contributed by atoms with Gasteiger partial charge < -0.3 is 5.32 Å². The summed E-state index contributed by atoms with van der Waals surface area (Å²) in [5, 5.41) is 3.66. The second-order valence-electron chi connectivity index (χ2n) is 3.48. The normalized spacial score (nSPS) is 29.2. The van der Waals surface area contributed by atoms with Crippen molar-refractivity contribution in [2.24, 2.45) is 0 Å². The summed E-state index contributed by atoms with van der Waals surface area (Å²) in [5.41, 5.74) is 2.86. The second kappa shape index (κ2) is 3.53. The molecule has 0 saturated carbocycles. The molecule has 0 radical (unpaired) electrons. The molecule has 0 aromatic carbocycles. The summed E-state index contributed by atoms with van der Waals surface area (Å²) in [6.45, 7) is 1.12. The van der Waals surface area contributed by atoms with Crippen molar-refractivity contribution in [1.29, 1.82) is 0 Å². The molecule has 2 aliphatic rings. The van der Waals surface area contributed by atoms with E-state index in [9.17, 15) is 0 Å². The highest BCUT2D eigenvalue weighted by Crippen LogP contribution is 2.26. The van der Waals surface area contributed by atoms with Crippen molar-refractivity contribution < 1.29 is 0 Å². The third-order valence-electron chi connectivity index (χ3n) is 2.51. The lowest BCUT2D eigenvalue weighted by Gasteiger charge is -2.17. The highest BCUT2D eigenvalue weighted by Gasteiger charge is 2.15. The first-order valence-corrected chi connectivity index (χ1v) is 5.08. The Bertz CT molecular complexity index is 230. The third-order valence-corrected chi connectivity index (χ3v) is 2.81. The van der Waals surface area contributed by atoms with E-state index in [1.54, 1.807) is 0 Å². The predicted octanol–water partition coefficient (Wildman–Crippen LogP) is 2.58. The molecule has 0 spiro atoms. The van der Waals surface area contributed by atoms with Gasteiger partial charge in [-0.2, -0.15) is 0 Å². The maximum atomic E-state index is 6.04. The number of hydrogen-bond donors (Lipinski definition) is 1. The molecule has 0 aromatic heterocycles. The SMILES string of the molecule is ClC1C=CC2=C(CCCCN2)C1. The Hall–Kier alpha value is -0.430. The summed E-state index contributed by atoms with van der Waals surface area (Å²) in [6.07, 6.45) is 9.09. The van der Waals surface area contributed by atoms with Crippen LogP contribution in [0.25, 0.3) is 0 Å². The van der Waals surface area contributed by atoms with E-state index >= 15 is 0 Å². The molecule has 0 amide bonds. The van der Waals surface area contributed by atoms with Crippen molar-refractivity contribution in [3.8, 4) is 0 Å². The molecule has 2 heteroatoms. The fourth-order valence-electron chi connectivity index (χ4n) is 1.84. The highest BCUT2D eigenvalue weighted by atomic mass is 35.5. The quantitative estimate of drug-likeness (QED) is 0.570. The van der Waals surface area contributed by atoms with Gasteiger partial charge in [-0.05, 0) is 37.3 Å². The number of rotatable bonds is 0. The Morgan fingerprint density at radius 2 is 2.33 bits per heavy atom. The molecule has 1 aliphatic carbocycles. The van der Waals surface area contributed by atoms with Crippen LogP contribution in [0.4, 0.5) is 0 Å². The van der Waals surface area contributed by atoms with Crippen LogP contribution in [0.15, 0.2) is 23.4 Å². The van der Waals surface area contributed by atoms with Crippen LogP contribution in [0.3, 0.4) is 0 Å². The van der Waals surface area contributed by atoms with E-state index in [-0.39, 0.29) is 5.38 Å². The molecule has 0 fully saturated rings. The van der Waals surface area contributed by atoms with E-state index in [2.05, 4.69) is 17.5 Å². The van der Waals surface area contributed by atoms with Gasteiger partial charge in [0.15, 0.2) is 0 Å². The Morgan fingerprint density at radius 1 is 1.42 bits per heavy atom. The molecule has 1 N–H and O–H groups in total. The summed E-state index contributed by atoms with van der Waals surface area (Å²) < 4.78 is 0. The second-order valence-corrected chi connectivity index (χ2v) is 4.04. The first-order valence-electron chi connectivity index (χ1n) is 4.64. The molecule has 66 valence electrons. The highest BCUT2D eigenvalue weighted by molar-refractivity contribution is 6.22. The van der Waals surface area contributed by atoms with Gasteiger partial charge in [-0.25, -0.2) is 0 Å². The molecule has 1 aliphatic heterocycles. The van der Waals surface area contributed by atoms with Gasteiger partial charge in [-0.1, -0.05) is 6.08 Å². The van der Waals surface area contributed by atoms with E-state index in [1.165, 1.54) is 30.5 Å². The van der Waals surface area contributed by atoms with Gasteiger partial charge in [0.1, 0.15) is 0 Å². The average Bonchev–Trinajstić information content (AvgIpc) is 2.28. The van der Waals surface area contributed by atoms with Gasteiger partial charge in [0, 0.05) is 12.2 Å².